The number of nitrogens with zero attached hydrogens (tertiary/aromatic N) is 1. The number of hydrogen-bond donors (Lipinski definition) is 2. The molecule has 4 nitrogen and oxygen atoms in total. The molecule has 1 saturated heterocycles. The average Bonchev–Trinajstić information content (AvgIpc) is 2.66. The SMILES string of the molecule is CC(C)(C)C1CCCCC1(C(=O)O)N1CCCNCC1. The molecule has 2 rings (SSSR count). The minimum Gasteiger partial charge on any atom is -0.480 e. The minimum atomic E-state index is -0.650. The lowest BCUT2D eigenvalue weighted by molar-refractivity contribution is -0.164. The molecule has 2 fully saturated rings. The second-order valence-electron chi connectivity index (χ2n) is 7.48. The van der Waals surface area contributed by atoms with Gasteiger partial charge in [0.05, 0.1) is 0 Å². The largest absolute Gasteiger partial charge is 0.480 e. The fraction of sp³-hybridized carbons (Fsp3) is 0.938. The number of nitrogens with one attached hydrogen (secondary N) is 1. The van der Waals surface area contributed by atoms with Crippen LogP contribution in [0.3, 0.4) is 0 Å². The van der Waals surface area contributed by atoms with E-state index in [0.717, 1.165) is 51.9 Å². The zero-order valence-electron chi connectivity index (χ0n) is 13.2. The van der Waals surface area contributed by atoms with Crippen molar-refractivity contribution in [2.75, 3.05) is 26.2 Å². The molecule has 2 unspecified atom stereocenters. The molecule has 0 amide bonds. The van der Waals surface area contributed by atoms with Crippen LogP contribution >= 0.6 is 0 Å². The molecular weight excluding hydrogens is 252 g/mol. The average molecular weight is 282 g/mol. The Kier molecular flexibility index (Phi) is 4.75. The van der Waals surface area contributed by atoms with E-state index < -0.39 is 11.5 Å². The number of aliphatic carboxylic acids is 1. The van der Waals surface area contributed by atoms with Gasteiger partial charge in [-0.1, -0.05) is 33.6 Å². The Bertz CT molecular complexity index is 343. The summed E-state index contributed by atoms with van der Waals surface area (Å²) in [5.41, 5.74) is -0.610. The highest BCUT2D eigenvalue weighted by Crippen LogP contribution is 2.47. The molecule has 2 atom stereocenters. The molecule has 0 aromatic rings. The van der Waals surface area contributed by atoms with Crippen molar-refractivity contribution in [1.29, 1.82) is 0 Å². The van der Waals surface area contributed by atoms with Crippen molar-refractivity contribution in [3.05, 3.63) is 0 Å². The second kappa shape index (κ2) is 6.02. The van der Waals surface area contributed by atoms with E-state index in [1.165, 1.54) is 6.42 Å². The lowest BCUT2D eigenvalue weighted by Crippen LogP contribution is -2.64. The molecule has 1 aliphatic heterocycles. The molecule has 0 radical (unpaired) electrons. The Morgan fingerprint density at radius 3 is 2.60 bits per heavy atom. The Morgan fingerprint density at radius 1 is 1.20 bits per heavy atom. The van der Waals surface area contributed by atoms with Crippen LogP contribution in [0.2, 0.25) is 0 Å². The quantitative estimate of drug-likeness (QED) is 0.816. The third kappa shape index (κ3) is 2.86. The number of carboxylic acid groups (broad SMARTS) is 1. The summed E-state index contributed by atoms with van der Waals surface area (Å²) >= 11 is 0. The van der Waals surface area contributed by atoms with Crippen LogP contribution in [0.1, 0.15) is 52.9 Å². The standard InChI is InChI=1S/C16H30N2O2/c1-15(2,3)13-7-4-5-8-16(13,14(19)20)18-11-6-9-17-10-12-18/h13,17H,4-12H2,1-3H3,(H,19,20). The molecule has 116 valence electrons. The monoisotopic (exact) mass is 282 g/mol. The molecule has 1 saturated carbocycles. The predicted molar refractivity (Wildman–Crippen MR) is 80.8 cm³/mol. The summed E-state index contributed by atoms with van der Waals surface area (Å²) in [6, 6.07) is 0. The summed E-state index contributed by atoms with van der Waals surface area (Å²) in [6.45, 7) is 10.3. The topological polar surface area (TPSA) is 52.6 Å². The van der Waals surface area contributed by atoms with Crippen LogP contribution in [0.5, 0.6) is 0 Å². The minimum absolute atomic E-state index is 0.0402. The number of carbonyl (C=O) groups is 1. The first-order chi connectivity index (χ1) is 9.39. The maximum Gasteiger partial charge on any atom is 0.324 e. The number of carboxylic acids is 1. The van der Waals surface area contributed by atoms with E-state index in [-0.39, 0.29) is 11.3 Å². The second-order valence-corrected chi connectivity index (χ2v) is 7.48. The van der Waals surface area contributed by atoms with Crippen molar-refractivity contribution in [2.45, 2.75) is 58.4 Å². The van der Waals surface area contributed by atoms with Crippen molar-refractivity contribution >= 4 is 5.97 Å². The Balaban J connectivity index is 2.36. The first kappa shape index (κ1) is 15.8. The van der Waals surface area contributed by atoms with Gasteiger partial charge in [-0.15, -0.1) is 0 Å². The normalized spacial score (nSPS) is 33.6. The number of rotatable bonds is 2. The third-order valence-electron chi connectivity index (χ3n) is 5.20. The van der Waals surface area contributed by atoms with Gasteiger partial charge in [-0.05, 0) is 37.1 Å². The van der Waals surface area contributed by atoms with Crippen molar-refractivity contribution in [3.8, 4) is 0 Å². The molecule has 1 aliphatic carbocycles. The third-order valence-corrected chi connectivity index (χ3v) is 5.20. The van der Waals surface area contributed by atoms with E-state index in [9.17, 15) is 9.90 Å². The van der Waals surface area contributed by atoms with Gasteiger partial charge in [0.2, 0.25) is 0 Å². The van der Waals surface area contributed by atoms with E-state index in [4.69, 9.17) is 0 Å². The van der Waals surface area contributed by atoms with Crippen molar-refractivity contribution in [3.63, 3.8) is 0 Å². The maximum atomic E-state index is 12.3. The lowest BCUT2D eigenvalue weighted by atomic mass is 9.61. The summed E-state index contributed by atoms with van der Waals surface area (Å²) < 4.78 is 0. The highest BCUT2D eigenvalue weighted by molar-refractivity contribution is 5.79. The highest BCUT2D eigenvalue weighted by Gasteiger charge is 2.54. The number of hydrogen-bond acceptors (Lipinski definition) is 3. The lowest BCUT2D eigenvalue weighted by Gasteiger charge is -2.52. The van der Waals surface area contributed by atoms with Gasteiger partial charge in [-0.3, -0.25) is 9.69 Å². The zero-order chi connectivity index (χ0) is 14.8. The molecule has 20 heavy (non-hydrogen) atoms. The van der Waals surface area contributed by atoms with Crippen LogP contribution in [0.25, 0.3) is 0 Å². The van der Waals surface area contributed by atoms with Crippen molar-refractivity contribution < 1.29 is 9.90 Å². The molecule has 0 aromatic heterocycles. The molecule has 2 aliphatic rings. The van der Waals surface area contributed by atoms with Crippen molar-refractivity contribution in [2.24, 2.45) is 11.3 Å². The summed E-state index contributed by atoms with van der Waals surface area (Å²) in [5, 5.41) is 13.5. The van der Waals surface area contributed by atoms with Gasteiger partial charge in [0, 0.05) is 19.6 Å². The van der Waals surface area contributed by atoms with Gasteiger partial charge in [0.1, 0.15) is 5.54 Å². The fourth-order valence-corrected chi connectivity index (χ4v) is 4.32. The Labute approximate surface area is 122 Å². The van der Waals surface area contributed by atoms with Crippen LogP contribution in [0.4, 0.5) is 0 Å². The van der Waals surface area contributed by atoms with Crippen LogP contribution in [0, 0.1) is 11.3 Å². The Hall–Kier alpha value is -0.610. The predicted octanol–water partition coefficient (Wildman–Crippen LogP) is 2.34. The summed E-state index contributed by atoms with van der Waals surface area (Å²) in [4.78, 5) is 14.6. The van der Waals surface area contributed by atoms with Gasteiger partial charge in [0.25, 0.3) is 0 Å². The van der Waals surface area contributed by atoms with Crippen LogP contribution in [0.15, 0.2) is 0 Å². The molecule has 1 heterocycles. The van der Waals surface area contributed by atoms with E-state index in [0.29, 0.717) is 0 Å². The summed E-state index contributed by atoms with van der Waals surface area (Å²) in [6.07, 6.45) is 5.11. The first-order valence-corrected chi connectivity index (χ1v) is 8.08. The van der Waals surface area contributed by atoms with Crippen LogP contribution < -0.4 is 5.32 Å². The van der Waals surface area contributed by atoms with Crippen molar-refractivity contribution in [1.82, 2.24) is 10.2 Å². The molecule has 0 bridgehead atoms. The zero-order valence-corrected chi connectivity index (χ0v) is 13.2. The molecule has 2 N–H and O–H groups in total. The van der Waals surface area contributed by atoms with Gasteiger partial charge in [-0.25, -0.2) is 0 Å². The van der Waals surface area contributed by atoms with Gasteiger partial charge in [0.15, 0.2) is 0 Å². The van der Waals surface area contributed by atoms with Crippen LogP contribution in [-0.2, 0) is 4.79 Å². The molecular formula is C16H30N2O2. The van der Waals surface area contributed by atoms with Gasteiger partial charge >= 0.3 is 5.97 Å². The maximum absolute atomic E-state index is 12.3. The first-order valence-electron chi connectivity index (χ1n) is 8.08. The summed E-state index contributed by atoms with van der Waals surface area (Å²) in [7, 11) is 0. The van der Waals surface area contributed by atoms with E-state index in [2.05, 4.69) is 31.0 Å². The van der Waals surface area contributed by atoms with Gasteiger partial charge in [-0.2, -0.15) is 0 Å². The smallest absolute Gasteiger partial charge is 0.324 e. The van der Waals surface area contributed by atoms with Gasteiger partial charge < -0.3 is 10.4 Å². The molecule has 0 aromatic carbocycles. The van der Waals surface area contributed by atoms with E-state index >= 15 is 0 Å². The Morgan fingerprint density at radius 2 is 1.95 bits per heavy atom. The molecule has 4 heteroatoms. The summed E-state index contributed by atoms with van der Waals surface area (Å²) in [5.74, 6) is -0.363. The van der Waals surface area contributed by atoms with Crippen LogP contribution in [-0.4, -0.2) is 47.7 Å². The van der Waals surface area contributed by atoms with E-state index in [1.807, 2.05) is 0 Å². The van der Waals surface area contributed by atoms with E-state index in [1.54, 1.807) is 0 Å². The highest BCUT2D eigenvalue weighted by atomic mass is 16.4. The fourth-order valence-electron chi connectivity index (χ4n) is 4.32. The molecule has 0 spiro atoms.